The largest absolute Gasteiger partial charge is 0.416 e. The number of carbonyl (C=O) groups is 3. The van der Waals surface area contributed by atoms with Crippen molar-refractivity contribution in [3.8, 4) is 0 Å². The average Bonchev–Trinajstić information content (AvgIpc) is 3.23. The summed E-state index contributed by atoms with van der Waals surface area (Å²) in [4.78, 5) is 42.1. The molecule has 12 heteroatoms. The number of hydrogen-bond donors (Lipinski definition) is 3. The maximum absolute atomic E-state index is 13.6. The lowest BCUT2D eigenvalue weighted by Crippen LogP contribution is -2.62. The summed E-state index contributed by atoms with van der Waals surface area (Å²) >= 11 is 1.33. The van der Waals surface area contributed by atoms with Gasteiger partial charge < -0.3 is 20.9 Å². The Kier molecular flexibility index (Phi) is 6.73. The van der Waals surface area contributed by atoms with Gasteiger partial charge in [-0.3, -0.25) is 14.5 Å². The fourth-order valence-corrected chi connectivity index (χ4v) is 7.06. The van der Waals surface area contributed by atoms with E-state index in [0.29, 0.717) is 36.7 Å². The Balaban J connectivity index is 1.40. The number of halogens is 3. The molecule has 5 rings (SSSR count). The van der Waals surface area contributed by atoms with Crippen molar-refractivity contribution in [2.45, 2.75) is 49.8 Å². The molecule has 198 valence electrons. The molecule has 0 spiro atoms. The van der Waals surface area contributed by atoms with E-state index in [2.05, 4.69) is 22.5 Å². The summed E-state index contributed by atoms with van der Waals surface area (Å²) in [6.45, 7) is 6.46. The fourth-order valence-electron chi connectivity index (χ4n) is 5.66. The number of amides is 4. The van der Waals surface area contributed by atoms with Crippen LogP contribution in [0.25, 0.3) is 0 Å². The molecule has 0 aliphatic carbocycles. The Bertz CT molecular complexity index is 1190. The second-order valence-corrected chi connectivity index (χ2v) is 10.9. The fraction of sp³-hybridized carbons (Fsp3) is 0.480. The van der Waals surface area contributed by atoms with Crippen LogP contribution >= 0.6 is 11.8 Å². The molecular weight excluding hydrogens is 507 g/mol. The Labute approximate surface area is 216 Å². The van der Waals surface area contributed by atoms with Gasteiger partial charge in [0.25, 0.3) is 5.91 Å². The molecule has 3 saturated heterocycles. The van der Waals surface area contributed by atoms with Crippen LogP contribution in [0.15, 0.2) is 41.5 Å². The number of hydrogen-bond acceptors (Lipinski definition) is 5. The van der Waals surface area contributed by atoms with Crippen LogP contribution < -0.4 is 20.9 Å². The molecule has 4 heterocycles. The first-order valence-corrected chi connectivity index (χ1v) is 13.1. The molecular formula is C25H28F3N5O3S. The number of rotatable bonds is 4. The molecule has 4 atom stereocenters. The normalized spacial score (nSPS) is 27.5. The summed E-state index contributed by atoms with van der Waals surface area (Å²) in [5.74, 6) is -0.784. The number of likely N-dealkylation sites (tertiary alicyclic amines) is 1. The van der Waals surface area contributed by atoms with E-state index in [4.69, 9.17) is 0 Å². The molecule has 0 bridgehead atoms. The number of thioether (sulfide) groups is 1. The number of carbonyl (C=O) groups excluding carboxylic acids is 3. The monoisotopic (exact) mass is 535 g/mol. The topological polar surface area (TPSA) is 93.8 Å². The van der Waals surface area contributed by atoms with Crippen molar-refractivity contribution in [2.75, 3.05) is 24.5 Å². The van der Waals surface area contributed by atoms with Crippen LogP contribution in [0.4, 0.5) is 23.7 Å². The quantitative estimate of drug-likeness (QED) is 0.516. The lowest BCUT2D eigenvalue weighted by molar-refractivity contribution is -0.138. The Morgan fingerprint density at radius 2 is 2.05 bits per heavy atom. The second kappa shape index (κ2) is 9.71. The summed E-state index contributed by atoms with van der Waals surface area (Å²) in [7, 11) is 0. The highest BCUT2D eigenvalue weighted by Crippen LogP contribution is 2.48. The summed E-state index contributed by atoms with van der Waals surface area (Å²) < 4.78 is 40.7. The highest BCUT2D eigenvalue weighted by atomic mass is 32.2. The Hall–Kier alpha value is -2.99. The van der Waals surface area contributed by atoms with Gasteiger partial charge in [0.1, 0.15) is 0 Å². The number of alkyl halides is 3. The second-order valence-electron chi connectivity index (χ2n) is 9.72. The third-order valence-electron chi connectivity index (χ3n) is 7.40. The van der Waals surface area contributed by atoms with Crippen LogP contribution in [-0.2, 0) is 15.8 Å². The van der Waals surface area contributed by atoms with Gasteiger partial charge in [-0.05, 0) is 56.5 Å². The van der Waals surface area contributed by atoms with Crippen molar-refractivity contribution in [1.29, 1.82) is 0 Å². The maximum atomic E-state index is 13.6. The smallest absolute Gasteiger partial charge is 0.347 e. The van der Waals surface area contributed by atoms with Crippen LogP contribution in [0.5, 0.6) is 0 Å². The minimum Gasteiger partial charge on any atom is -0.347 e. The molecule has 0 radical (unpaired) electrons. The minimum atomic E-state index is -4.53. The van der Waals surface area contributed by atoms with Crippen molar-refractivity contribution in [1.82, 2.24) is 20.9 Å². The van der Waals surface area contributed by atoms with Crippen molar-refractivity contribution in [3.05, 3.63) is 52.6 Å². The third-order valence-corrected chi connectivity index (χ3v) is 8.75. The Morgan fingerprint density at radius 3 is 2.78 bits per heavy atom. The first-order valence-electron chi connectivity index (χ1n) is 12.2. The number of piperidine rings is 2. The van der Waals surface area contributed by atoms with Crippen LogP contribution in [0.1, 0.15) is 30.4 Å². The average molecular weight is 536 g/mol. The van der Waals surface area contributed by atoms with Gasteiger partial charge in [-0.15, -0.1) is 0 Å². The highest BCUT2D eigenvalue weighted by Gasteiger charge is 2.52. The predicted octanol–water partition coefficient (Wildman–Crippen LogP) is 3.10. The lowest BCUT2D eigenvalue weighted by atomic mass is 9.86. The standard InChI is InChI=1S/C25H28F3N5O3S/c1-3-18(34)32-10-4-5-14(12-32)30-22(35)21-20-19-17(8-9-29-23(19)37-21)33(24(36)31-20)15-7-6-13(2)16(11-15)25(26,27)28/h3,6-7,11,14,17,19,23,29H,1,4-5,8-10,12H2,2H3,(H,30,35)(H,31,36)/t14-,17?,19?,23?/m1/s1. The molecule has 3 fully saturated rings. The van der Waals surface area contributed by atoms with E-state index in [-0.39, 0.29) is 40.4 Å². The number of urea groups is 1. The van der Waals surface area contributed by atoms with Gasteiger partial charge in [0.05, 0.1) is 21.9 Å². The molecule has 0 saturated carbocycles. The molecule has 37 heavy (non-hydrogen) atoms. The molecule has 1 aromatic carbocycles. The first-order chi connectivity index (χ1) is 17.6. The molecule has 4 aliphatic heterocycles. The lowest BCUT2D eigenvalue weighted by Gasteiger charge is -2.46. The molecule has 8 nitrogen and oxygen atoms in total. The SMILES string of the molecule is C=CC(=O)N1CCC[C@@H](NC(=O)C2=C3NC(=O)N(c4ccc(C)c(C(F)(F)F)c4)C4CCNC(S2)C34)C1. The number of nitrogens with zero attached hydrogens (tertiary/aromatic N) is 2. The molecule has 1 aromatic rings. The first kappa shape index (κ1) is 25.7. The molecule has 3 N–H and O–H groups in total. The van der Waals surface area contributed by atoms with E-state index >= 15 is 0 Å². The van der Waals surface area contributed by atoms with Gasteiger partial charge in [-0.25, -0.2) is 4.79 Å². The van der Waals surface area contributed by atoms with Crippen molar-refractivity contribution < 1.29 is 27.6 Å². The van der Waals surface area contributed by atoms with Crippen molar-refractivity contribution in [3.63, 3.8) is 0 Å². The van der Waals surface area contributed by atoms with Gasteiger partial charge in [-0.1, -0.05) is 24.4 Å². The molecule has 4 amide bonds. The van der Waals surface area contributed by atoms with Crippen molar-refractivity contribution >= 4 is 35.3 Å². The predicted molar refractivity (Wildman–Crippen MR) is 133 cm³/mol. The van der Waals surface area contributed by atoms with Gasteiger partial charge in [0, 0.05) is 36.4 Å². The number of benzene rings is 1. The van der Waals surface area contributed by atoms with Gasteiger partial charge in [0.15, 0.2) is 0 Å². The zero-order chi connectivity index (χ0) is 26.5. The molecule has 4 aliphatic rings. The van der Waals surface area contributed by atoms with Crippen molar-refractivity contribution in [2.24, 2.45) is 5.92 Å². The number of aryl methyl sites for hydroxylation is 1. The summed E-state index contributed by atoms with van der Waals surface area (Å²) in [5, 5.41) is 9.01. The van der Waals surface area contributed by atoms with Gasteiger partial charge in [0.2, 0.25) is 5.91 Å². The van der Waals surface area contributed by atoms with E-state index in [1.807, 2.05) is 0 Å². The Morgan fingerprint density at radius 1 is 1.27 bits per heavy atom. The van der Waals surface area contributed by atoms with E-state index in [1.165, 1.54) is 41.8 Å². The van der Waals surface area contributed by atoms with E-state index < -0.39 is 23.8 Å². The zero-order valence-corrected chi connectivity index (χ0v) is 21.0. The summed E-state index contributed by atoms with van der Waals surface area (Å²) in [6.07, 6.45) is -1.27. The zero-order valence-electron chi connectivity index (χ0n) is 20.2. The highest BCUT2D eigenvalue weighted by molar-refractivity contribution is 8.04. The van der Waals surface area contributed by atoms with E-state index in [1.54, 1.807) is 4.90 Å². The van der Waals surface area contributed by atoms with Gasteiger partial charge in [-0.2, -0.15) is 13.2 Å². The van der Waals surface area contributed by atoms with Crippen LogP contribution in [-0.4, -0.2) is 59.8 Å². The molecule has 3 unspecified atom stereocenters. The minimum absolute atomic E-state index is 0.0869. The van der Waals surface area contributed by atoms with Crippen LogP contribution in [0.3, 0.4) is 0 Å². The van der Waals surface area contributed by atoms with E-state index in [9.17, 15) is 27.6 Å². The molecule has 0 aromatic heterocycles. The van der Waals surface area contributed by atoms with E-state index in [0.717, 1.165) is 18.9 Å². The number of anilines is 1. The number of nitrogens with one attached hydrogen (secondary N) is 3. The van der Waals surface area contributed by atoms with Gasteiger partial charge >= 0.3 is 12.2 Å². The van der Waals surface area contributed by atoms with Crippen LogP contribution in [0.2, 0.25) is 0 Å². The van der Waals surface area contributed by atoms with Crippen LogP contribution in [0, 0.1) is 12.8 Å². The summed E-state index contributed by atoms with van der Waals surface area (Å²) in [5.41, 5.74) is -0.00742. The maximum Gasteiger partial charge on any atom is 0.416 e. The summed E-state index contributed by atoms with van der Waals surface area (Å²) in [6, 6.07) is 2.76. The third kappa shape index (κ3) is 4.72.